The zero-order valence-electron chi connectivity index (χ0n) is 10.2. The molecule has 0 aromatic carbocycles. The first-order valence-electron chi connectivity index (χ1n) is 5.47. The molecule has 0 saturated carbocycles. The van der Waals surface area contributed by atoms with Crippen molar-refractivity contribution in [1.82, 2.24) is 5.32 Å². The molecule has 0 spiro atoms. The maximum atomic E-state index is 10.9. The van der Waals surface area contributed by atoms with E-state index in [1.807, 2.05) is 18.8 Å². The SMILES string of the molecule is CCC(C)C(CSCCC(=O)OC)NC. The summed E-state index contributed by atoms with van der Waals surface area (Å²) in [5, 5.41) is 3.32. The van der Waals surface area contributed by atoms with Crippen LogP contribution in [0.2, 0.25) is 0 Å². The van der Waals surface area contributed by atoms with Crippen LogP contribution in [0.4, 0.5) is 0 Å². The van der Waals surface area contributed by atoms with E-state index in [1.165, 1.54) is 13.5 Å². The largest absolute Gasteiger partial charge is 0.469 e. The Bertz CT molecular complexity index is 176. The van der Waals surface area contributed by atoms with Gasteiger partial charge >= 0.3 is 5.97 Å². The molecular formula is C11H23NO2S. The van der Waals surface area contributed by atoms with Gasteiger partial charge in [0.15, 0.2) is 0 Å². The fourth-order valence-corrected chi connectivity index (χ4v) is 2.51. The summed E-state index contributed by atoms with van der Waals surface area (Å²) in [6.45, 7) is 4.45. The van der Waals surface area contributed by atoms with Gasteiger partial charge in [0, 0.05) is 17.5 Å². The van der Waals surface area contributed by atoms with E-state index in [0.717, 1.165) is 11.5 Å². The quantitative estimate of drug-likeness (QED) is 0.513. The molecule has 0 amide bonds. The number of esters is 1. The maximum Gasteiger partial charge on any atom is 0.306 e. The number of hydrogen-bond donors (Lipinski definition) is 1. The molecule has 0 heterocycles. The monoisotopic (exact) mass is 233 g/mol. The molecule has 0 aromatic rings. The Morgan fingerprint density at radius 3 is 2.67 bits per heavy atom. The van der Waals surface area contributed by atoms with Crippen LogP contribution in [-0.2, 0) is 9.53 Å². The topological polar surface area (TPSA) is 38.3 Å². The first-order chi connectivity index (χ1) is 7.15. The minimum absolute atomic E-state index is 0.118. The number of methoxy groups -OCH3 is 1. The third-order valence-electron chi connectivity index (χ3n) is 2.68. The van der Waals surface area contributed by atoms with Gasteiger partial charge in [0.05, 0.1) is 13.5 Å². The van der Waals surface area contributed by atoms with Gasteiger partial charge in [0.2, 0.25) is 0 Å². The molecule has 0 aliphatic rings. The van der Waals surface area contributed by atoms with E-state index >= 15 is 0 Å². The van der Waals surface area contributed by atoms with Crippen LogP contribution in [0.1, 0.15) is 26.7 Å². The Labute approximate surface area is 97.3 Å². The van der Waals surface area contributed by atoms with E-state index in [4.69, 9.17) is 0 Å². The zero-order valence-corrected chi connectivity index (χ0v) is 11.0. The molecule has 0 aliphatic heterocycles. The summed E-state index contributed by atoms with van der Waals surface area (Å²) in [6.07, 6.45) is 1.70. The van der Waals surface area contributed by atoms with E-state index < -0.39 is 0 Å². The second-order valence-corrected chi connectivity index (χ2v) is 4.83. The van der Waals surface area contributed by atoms with Crippen LogP contribution in [0.25, 0.3) is 0 Å². The highest BCUT2D eigenvalue weighted by Gasteiger charge is 2.13. The highest BCUT2D eigenvalue weighted by atomic mass is 32.2. The van der Waals surface area contributed by atoms with Crippen molar-refractivity contribution in [1.29, 1.82) is 0 Å². The lowest BCUT2D eigenvalue weighted by atomic mass is 10.0. The Hall–Kier alpha value is -0.220. The zero-order chi connectivity index (χ0) is 11.7. The van der Waals surface area contributed by atoms with E-state index in [0.29, 0.717) is 18.4 Å². The fraction of sp³-hybridized carbons (Fsp3) is 0.909. The normalized spacial score (nSPS) is 14.7. The molecule has 3 nitrogen and oxygen atoms in total. The summed E-state index contributed by atoms with van der Waals surface area (Å²) in [5.41, 5.74) is 0. The van der Waals surface area contributed by atoms with Gasteiger partial charge in [-0.1, -0.05) is 20.3 Å². The van der Waals surface area contributed by atoms with Gasteiger partial charge in [-0.05, 0) is 13.0 Å². The molecule has 0 radical (unpaired) electrons. The Kier molecular flexibility index (Phi) is 8.91. The van der Waals surface area contributed by atoms with Crippen molar-refractivity contribution < 1.29 is 9.53 Å². The average Bonchev–Trinajstić information content (AvgIpc) is 2.27. The standard InChI is InChI=1S/C11H23NO2S/c1-5-9(2)10(12-3)8-15-7-6-11(13)14-4/h9-10,12H,5-8H2,1-4H3. The van der Waals surface area contributed by atoms with Gasteiger partial charge in [-0.3, -0.25) is 4.79 Å². The smallest absolute Gasteiger partial charge is 0.306 e. The molecule has 1 N–H and O–H groups in total. The molecular weight excluding hydrogens is 210 g/mol. The molecule has 0 fully saturated rings. The van der Waals surface area contributed by atoms with Crippen LogP contribution in [0.5, 0.6) is 0 Å². The molecule has 0 bridgehead atoms. The van der Waals surface area contributed by atoms with Gasteiger partial charge in [-0.2, -0.15) is 11.8 Å². The minimum Gasteiger partial charge on any atom is -0.469 e. The van der Waals surface area contributed by atoms with Crippen LogP contribution in [-0.4, -0.2) is 37.7 Å². The molecule has 0 saturated heterocycles. The molecule has 2 unspecified atom stereocenters. The third kappa shape index (κ3) is 6.79. The summed E-state index contributed by atoms with van der Waals surface area (Å²) >= 11 is 1.81. The Morgan fingerprint density at radius 1 is 1.53 bits per heavy atom. The number of carbonyl (C=O) groups excluding carboxylic acids is 1. The average molecular weight is 233 g/mol. The first kappa shape index (κ1) is 14.8. The lowest BCUT2D eigenvalue weighted by Gasteiger charge is -2.21. The molecule has 2 atom stereocenters. The molecule has 0 rings (SSSR count). The molecule has 4 heteroatoms. The van der Waals surface area contributed by atoms with Crippen molar-refractivity contribution in [3.05, 3.63) is 0 Å². The van der Waals surface area contributed by atoms with Crippen molar-refractivity contribution in [2.45, 2.75) is 32.7 Å². The number of carbonyl (C=O) groups is 1. The summed E-state index contributed by atoms with van der Waals surface area (Å²) in [7, 11) is 3.43. The van der Waals surface area contributed by atoms with Crippen molar-refractivity contribution in [2.75, 3.05) is 25.7 Å². The fourth-order valence-electron chi connectivity index (χ4n) is 1.28. The van der Waals surface area contributed by atoms with E-state index in [9.17, 15) is 4.79 Å². The summed E-state index contributed by atoms with van der Waals surface area (Å²) in [4.78, 5) is 10.9. The van der Waals surface area contributed by atoms with Gasteiger partial charge in [0.1, 0.15) is 0 Å². The Balaban J connectivity index is 3.59. The molecule has 15 heavy (non-hydrogen) atoms. The summed E-state index contributed by atoms with van der Waals surface area (Å²) in [6, 6.07) is 0.539. The minimum atomic E-state index is -0.118. The molecule has 90 valence electrons. The molecule has 0 aliphatic carbocycles. The number of nitrogens with one attached hydrogen (secondary N) is 1. The number of rotatable bonds is 8. The first-order valence-corrected chi connectivity index (χ1v) is 6.63. The summed E-state index contributed by atoms with van der Waals surface area (Å²) < 4.78 is 4.58. The maximum absolute atomic E-state index is 10.9. The van der Waals surface area contributed by atoms with Crippen LogP contribution in [0.3, 0.4) is 0 Å². The van der Waals surface area contributed by atoms with Gasteiger partial charge in [0.25, 0.3) is 0 Å². The highest BCUT2D eigenvalue weighted by Crippen LogP contribution is 2.14. The van der Waals surface area contributed by atoms with Crippen LogP contribution in [0.15, 0.2) is 0 Å². The summed E-state index contributed by atoms with van der Waals surface area (Å²) in [5.74, 6) is 2.47. The van der Waals surface area contributed by atoms with Crippen LogP contribution < -0.4 is 5.32 Å². The van der Waals surface area contributed by atoms with Crippen LogP contribution in [0, 0.1) is 5.92 Å². The van der Waals surface area contributed by atoms with Crippen molar-refractivity contribution >= 4 is 17.7 Å². The van der Waals surface area contributed by atoms with Gasteiger partial charge in [-0.15, -0.1) is 0 Å². The van der Waals surface area contributed by atoms with E-state index in [2.05, 4.69) is 23.9 Å². The van der Waals surface area contributed by atoms with Crippen molar-refractivity contribution in [2.24, 2.45) is 5.92 Å². The number of ether oxygens (including phenoxy) is 1. The number of hydrogen-bond acceptors (Lipinski definition) is 4. The van der Waals surface area contributed by atoms with Gasteiger partial charge < -0.3 is 10.1 Å². The highest BCUT2D eigenvalue weighted by molar-refractivity contribution is 7.99. The Morgan fingerprint density at radius 2 is 2.20 bits per heavy atom. The predicted molar refractivity (Wildman–Crippen MR) is 66.3 cm³/mol. The molecule has 0 aromatic heterocycles. The lowest BCUT2D eigenvalue weighted by molar-refractivity contribution is -0.140. The van der Waals surface area contributed by atoms with Crippen molar-refractivity contribution in [3.8, 4) is 0 Å². The van der Waals surface area contributed by atoms with E-state index in [1.54, 1.807) is 0 Å². The van der Waals surface area contributed by atoms with Gasteiger partial charge in [-0.25, -0.2) is 0 Å². The van der Waals surface area contributed by atoms with E-state index in [-0.39, 0.29) is 5.97 Å². The predicted octanol–water partition coefficient (Wildman–Crippen LogP) is 1.92. The number of thioether (sulfide) groups is 1. The van der Waals surface area contributed by atoms with Crippen molar-refractivity contribution in [3.63, 3.8) is 0 Å². The third-order valence-corrected chi connectivity index (χ3v) is 3.76. The van der Waals surface area contributed by atoms with Crippen LogP contribution >= 0.6 is 11.8 Å². The lowest BCUT2D eigenvalue weighted by Crippen LogP contribution is -2.34. The second-order valence-electron chi connectivity index (χ2n) is 3.68. The second kappa shape index (κ2) is 9.04.